The summed E-state index contributed by atoms with van der Waals surface area (Å²) in [4.78, 5) is 14.5. The van der Waals surface area contributed by atoms with Crippen molar-refractivity contribution in [2.75, 3.05) is 18.1 Å². The van der Waals surface area contributed by atoms with E-state index in [2.05, 4.69) is 5.32 Å². The average Bonchev–Trinajstić information content (AvgIpc) is 2.95. The van der Waals surface area contributed by atoms with E-state index in [0.29, 0.717) is 13.0 Å². The summed E-state index contributed by atoms with van der Waals surface area (Å²) < 4.78 is 28.9. The average molecular weight is 340 g/mol. The fraction of sp³-hybridized carbons (Fsp3) is 0.688. The Bertz CT molecular complexity index is 667. The van der Waals surface area contributed by atoms with Crippen molar-refractivity contribution in [2.45, 2.75) is 51.1 Å². The summed E-state index contributed by atoms with van der Waals surface area (Å²) >= 11 is 0. The molecule has 2 aliphatic rings. The van der Waals surface area contributed by atoms with Crippen LogP contribution in [0.25, 0.3) is 0 Å². The van der Waals surface area contributed by atoms with Crippen LogP contribution in [-0.2, 0) is 9.84 Å². The van der Waals surface area contributed by atoms with Gasteiger partial charge in [0, 0.05) is 12.6 Å². The minimum atomic E-state index is -2.99. The maximum absolute atomic E-state index is 12.7. The van der Waals surface area contributed by atoms with E-state index in [1.165, 1.54) is 0 Å². The summed E-state index contributed by atoms with van der Waals surface area (Å²) in [5, 5.41) is 2.90. The SMILES string of the molecule is Cc1ccc(C2CCCCCN2C(=O)NC2CCS(=O)(=O)C2)o1. The van der Waals surface area contributed by atoms with Gasteiger partial charge in [0.1, 0.15) is 11.5 Å². The molecule has 1 aromatic rings. The zero-order chi connectivity index (χ0) is 16.4. The third-order valence-corrected chi connectivity index (χ3v) is 6.43. The lowest BCUT2D eigenvalue weighted by Gasteiger charge is -2.30. The number of aryl methyl sites for hydroxylation is 1. The molecule has 6 nitrogen and oxygen atoms in total. The van der Waals surface area contributed by atoms with Crippen LogP contribution in [-0.4, -0.2) is 43.4 Å². The van der Waals surface area contributed by atoms with Crippen LogP contribution >= 0.6 is 0 Å². The van der Waals surface area contributed by atoms with E-state index in [0.717, 1.165) is 37.2 Å². The molecule has 2 fully saturated rings. The van der Waals surface area contributed by atoms with Gasteiger partial charge in [-0.15, -0.1) is 0 Å². The third-order valence-electron chi connectivity index (χ3n) is 4.66. The van der Waals surface area contributed by atoms with Crippen molar-refractivity contribution in [3.05, 3.63) is 23.7 Å². The van der Waals surface area contributed by atoms with Gasteiger partial charge in [0.25, 0.3) is 0 Å². The molecular formula is C16H24N2O4S. The van der Waals surface area contributed by atoms with Crippen molar-refractivity contribution in [3.63, 3.8) is 0 Å². The molecule has 2 saturated heterocycles. The van der Waals surface area contributed by atoms with Gasteiger partial charge in [-0.05, 0) is 38.3 Å². The van der Waals surface area contributed by atoms with E-state index in [-0.39, 0.29) is 29.6 Å². The Morgan fingerprint density at radius 1 is 1.26 bits per heavy atom. The van der Waals surface area contributed by atoms with Crippen molar-refractivity contribution in [1.29, 1.82) is 0 Å². The first-order chi connectivity index (χ1) is 10.9. The Morgan fingerprint density at radius 3 is 2.74 bits per heavy atom. The summed E-state index contributed by atoms with van der Waals surface area (Å²) in [5.41, 5.74) is 0. The van der Waals surface area contributed by atoms with Crippen LogP contribution in [0.1, 0.15) is 49.7 Å². The molecule has 1 aromatic heterocycles. The summed E-state index contributed by atoms with van der Waals surface area (Å²) in [7, 11) is -2.99. The highest BCUT2D eigenvalue weighted by atomic mass is 32.2. The fourth-order valence-corrected chi connectivity index (χ4v) is 5.12. The number of nitrogens with one attached hydrogen (secondary N) is 1. The highest BCUT2D eigenvalue weighted by Crippen LogP contribution is 2.31. The Kier molecular flexibility index (Phi) is 4.66. The Balaban J connectivity index is 1.72. The standard InChI is InChI=1S/C16H24N2O4S/c1-12-6-7-15(22-12)14-5-3-2-4-9-18(14)16(19)17-13-8-10-23(20,21)11-13/h6-7,13-14H,2-5,8-11H2,1H3,(H,17,19). The molecule has 0 aromatic carbocycles. The summed E-state index contributed by atoms with van der Waals surface area (Å²) in [5.74, 6) is 1.88. The predicted octanol–water partition coefficient (Wildman–Crippen LogP) is 2.40. The number of furan rings is 1. The lowest BCUT2D eigenvalue weighted by molar-refractivity contribution is 0.163. The fourth-order valence-electron chi connectivity index (χ4n) is 3.45. The van der Waals surface area contributed by atoms with Gasteiger partial charge in [-0.1, -0.05) is 12.8 Å². The van der Waals surface area contributed by atoms with Gasteiger partial charge in [-0.25, -0.2) is 13.2 Å². The number of carbonyl (C=O) groups is 1. The van der Waals surface area contributed by atoms with Gasteiger partial charge in [0.15, 0.2) is 9.84 Å². The predicted molar refractivity (Wildman–Crippen MR) is 87.0 cm³/mol. The van der Waals surface area contributed by atoms with Crippen molar-refractivity contribution in [1.82, 2.24) is 10.2 Å². The minimum Gasteiger partial charge on any atom is -0.464 e. The van der Waals surface area contributed by atoms with Crippen LogP contribution in [0.2, 0.25) is 0 Å². The van der Waals surface area contributed by atoms with Gasteiger partial charge in [-0.3, -0.25) is 0 Å². The van der Waals surface area contributed by atoms with Crippen molar-refractivity contribution < 1.29 is 17.6 Å². The topological polar surface area (TPSA) is 79.6 Å². The maximum Gasteiger partial charge on any atom is 0.318 e. The molecule has 0 spiro atoms. The zero-order valence-electron chi connectivity index (χ0n) is 13.5. The second-order valence-electron chi connectivity index (χ2n) is 6.56. The van der Waals surface area contributed by atoms with Crippen molar-refractivity contribution in [3.8, 4) is 0 Å². The Labute approximate surface area is 137 Å². The summed E-state index contributed by atoms with van der Waals surface area (Å²) in [6.07, 6.45) is 4.51. The van der Waals surface area contributed by atoms with Crippen LogP contribution in [0, 0.1) is 6.92 Å². The number of hydrogen-bond acceptors (Lipinski definition) is 4. The van der Waals surface area contributed by atoms with Crippen LogP contribution in [0.5, 0.6) is 0 Å². The highest BCUT2D eigenvalue weighted by molar-refractivity contribution is 7.91. The van der Waals surface area contributed by atoms with E-state index in [9.17, 15) is 13.2 Å². The number of urea groups is 1. The Morgan fingerprint density at radius 2 is 2.09 bits per heavy atom. The number of hydrogen-bond donors (Lipinski definition) is 1. The molecule has 0 saturated carbocycles. The highest BCUT2D eigenvalue weighted by Gasteiger charge is 2.33. The van der Waals surface area contributed by atoms with Gasteiger partial charge in [-0.2, -0.15) is 0 Å². The smallest absolute Gasteiger partial charge is 0.318 e. The van der Waals surface area contributed by atoms with E-state index >= 15 is 0 Å². The first-order valence-corrected chi connectivity index (χ1v) is 10.1. The summed E-state index contributed by atoms with van der Waals surface area (Å²) in [6.45, 7) is 2.57. The quantitative estimate of drug-likeness (QED) is 0.896. The molecule has 0 radical (unpaired) electrons. The molecule has 2 atom stereocenters. The molecular weight excluding hydrogens is 316 g/mol. The number of rotatable bonds is 2. The lowest BCUT2D eigenvalue weighted by Crippen LogP contribution is -2.46. The normalized spacial score (nSPS) is 27.6. The van der Waals surface area contributed by atoms with Crippen LogP contribution in [0.3, 0.4) is 0 Å². The minimum absolute atomic E-state index is 0.0527. The Hall–Kier alpha value is -1.50. The summed E-state index contributed by atoms with van der Waals surface area (Å²) in [6, 6.07) is 3.35. The van der Waals surface area contributed by atoms with Gasteiger partial charge in [0.2, 0.25) is 0 Å². The van der Waals surface area contributed by atoms with Crippen LogP contribution < -0.4 is 5.32 Å². The van der Waals surface area contributed by atoms with Gasteiger partial charge >= 0.3 is 6.03 Å². The molecule has 7 heteroatoms. The molecule has 2 aliphatic heterocycles. The second kappa shape index (κ2) is 6.55. The van der Waals surface area contributed by atoms with E-state index in [1.54, 1.807) is 0 Å². The van der Waals surface area contributed by atoms with Crippen molar-refractivity contribution >= 4 is 15.9 Å². The van der Waals surface area contributed by atoms with E-state index < -0.39 is 9.84 Å². The van der Waals surface area contributed by atoms with Gasteiger partial charge < -0.3 is 14.6 Å². The number of likely N-dealkylation sites (tertiary alicyclic amines) is 1. The van der Waals surface area contributed by atoms with Crippen LogP contribution in [0.4, 0.5) is 4.79 Å². The third kappa shape index (κ3) is 3.88. The largest absolute Gasteiger partial charge is 0.464 e. The first-order valence-electron chi connectivity index (χ1n) is 8.28. The second-order valence-corrected chi connectivity index (χ2v) is 8.79. The molecule has 1 N–H and O–H groups in total. The molecule has 128 valence electrons. The van der Waals surface area contributed by atoms with E-state index in [1.807, 2.05) is 24.0 Å². The molecule has 0 aliphatic carbocycles. The molecule has 23 heavy (non-hydrogen) atoms. The molecule has 2 amide bonds. The van der Waals surface area contributed by atoms with Crippen LogP contribution in [0.15, 0.2) is 16.5 Å². The lowest BCUT2D eigenvalue weighted by atomic mass is 10.1. The maximum atomic E-state index is 12.7. The molecule has 2 unspecified atom stereocenters. The number of nitrogens with zero attached hydrogens (tertiary/aromatic N) is 1. The monoisotopic (exact) mass is 340 g/mol. The number of carbonyl (C=O) groups excluding carboxylic acids is 1. The molecule has 0 bridgehead atoms. The molecule has 3 heterocycles. The number of amides is 2. The first kappa shape index (κ1) is 16.4. The zero-order valence-corrected chi connectivity index (χ0v) is 14.3. The van der Waals surface area contributed by atoms with Crippen molar-refractivity contribution in [2.24, 2.45) is 0 Å². The van der Waals surface area contributed by atoms with Gasteiger partial charge in [0.05, 0.1) is 17.5 Å². The number of sulfone groups is 1. The molecule has 3 rings (SSSR count). The van der Waals surface area contributed by atoms with E-state index in [4.69, 9.17) is 4.42 Å².